The Bertz CT molecular complexity index is 1280. The van der Waals surface area contributed by atoms with Crippen LogP contribution in [0.25, 0.3) is 11.3 Å². The molecule has 2 aromatic carbocycles. The van der Waals surface area contributed by atoms with Crippen molar-refractivity contribution in [3.63, 3.8) is 0 Å². The second kappa shape index (κ2) is 10.6. The summed E-state index contributed by atoms with van der Waals surface area (Å²) in [7, 11) is 0. The van der Waals surface area contributed by atoms with E-state index >= 15 is 0 Å². The second-order valence-corrected chi connectivity index (χ2v) is 7.57. The molecule has 2 N–H and O–H groups in total. The summed E-state index contributed by atoms with van der Waals surface area (Å²) in [5.74, 6) is -0.367. The van der Waals surface area contributed by atoms with Gasteiger partial charge in [0.1, 0.15) is 11.5 Å². The molecule has 0 bridgehead atoms. The molecular formula is C23H17F2N3O5S. The van der Waals surface area contributed by atoms with Crippen molar-refractivity contribution >= 4 is 34.0 Å². The molecule has 0 fully saturated rings. The molecule has 2 aromatic heterocycles. The smallest absolute Gasteiger partial charge is 0.387 e. The van der Waals surface area contributed by atoms with Crippen LogP contribution in [0, 0.1) is 0 Å². The van der Waals surface area contributed by atoms with Crippen molar-refractivity contribution in [2.75, 3.05) is 17.2 Å². The number of alkyl halides is 2. The molecule has 0 aliphatic carbocycles. The van der Waals surface area contributed by atoms with Crippen LogP contribution in [0.5, 0.6) is 11.5 Å². The lowest BCUT2D eigenvalue weighted by Crippen LogP contribution is -2.20. The van der Waals surface area contributed by atoms with E-state index in [4.69, 9.17) is 9.15 Å². The van der Waals surface area contributed by atoms with Gasteiger partial charge in [-0.15, -0.1) is 11.3 Å². The standard InChI is InChI=1S/C23H17F2N3O5S/c24-22(25)33-18-8-2-1-7-16(18)17-13-34-23(27-17)28-20(29)12-32-15-6-3-5-14(11-15)26-21(30)19-9-4-10-31-19/h1-11,13,22H,12H2,(H,26,30)(H,27,28,29). The fourth-order valence-electron chi connectivity index (χ4n) is 2.90. The van der Waals surface area contributed by atoms with Crippen molar-refractivity contribution in [2.45, 2.75) is 6.61 Å². The maximum atomic E-state index is 12.6. The number of benzene rings is 2. The Balaban J connectivity index is 1.33. The van der Waals surface area contributed by atoms with Gasteiger partial charge in [0.25, 0.3) is 11.8 Å². The van der Waals surface area contributed by atoms with Gasteiger partial charge >= 0.3 is 6.61 Å². The molecule has 0 atom stereocenters. The van der Waals surface area contributed by atoms with E-state index in [1.54, 1.807) is 53.9 Å². The molecule has 34 heavy (non-hydrogen) atoms. The molecule has 0 spiro atoms. The average molecular weight is 485 g/mol. The molecule has 0 aliphatic rings. The molecule has 0 aliphatic heterocycles. The van der Waals surface area contributed by atoms with Gasteiger partial charge in [-0.2, -0.15) is 8.78 Å². The van der Waals surface area contributed by atoms with E-state index in [0.29, 0.717) is 22.7 Å². The van der Waals surface area contributed by atoms with Crippen LogP contribution < -0.4 is 20.1 Å². The van der Waals surface area contributed by atoms with E-state index in [-0.39, 0.29) is 23.2 Å². The predicted octanol–water partition coefficient (Wildman–Crippen LogP) is 5.27. The van der Waals surface area contributed by atoms with Crippen LogP contribution in [-0.2, 0) is 4.79 Å². The van der Waals surface area contributed by atoms with Crippen molar-refractivity contribution in [3.05, 3.63) is 78.1 Å². The summed E-state index contributed by atoms with van der Waals surface area (Å²) in [6, 6.07) is 15.9. The van der Waals surface area contributed by atoms with E-state index in [1.807, 2.05) is 0 Å². The number of amides is 2. The van der Waals surface area contributed by atoms with Gasteiger partial charge in [-0.25, -0.2) is 4.98 Å². The summed E-state index contributed by atoms with van der Waals surface area (Å²) in [4.78, 5) is 28.6. The molecule has 4 aromatic rings. The normalized spacial score (nSPS) is 10.7. The maximum Gasteiger partial charge on any atom is 0.387 e. The zero-order chi connectivity index (χ0) is 23.9. The predicted molar refractivity (Wildman–Crippen MR) is 121 cm³/mol. The van der Waals surface area contributed by atoms with Crippen LogP contribution in [-0.4, -0.2) is 30.0 Å². The summed E-state index contributed by atoms with van der Waals surface area (Å²) < 4.78 is 40.3. The van der Waals surface area contributed by atoms with Crippen LogP contribution >= 0.6 is 11.3 Å². The molecule has 2 heterocycles. The number of hydrogen-bond donors (Lipinski definition) is 2. The van der Waals surface area contributed by atoms with Gasteiger partial charge in [0.05, 0.1) is 12.0 Å². The van der Waals surface area contributed by atoms with E-state index in [2.05, 4.69) is 20.4 Å². The summed E-state index contributed by atoms with van der Waals surface area (Å²) in [6.45, 7) is -3.27. The Morgan fingerprint density at radius 3 is 2.71 bits per heavy atom. The molecule has 2 amide bonds. The summed E-state index contributed by atoms with van der Waals surface area (Å²) in [6.07, 6.45) is 1.40. The molecule has 0 saturated heterocycles. The Kier molecular flexibility index (Phi) is 7.13. The minimum absolute atomic E-state index is 0.0111. The molecule has 8 nitrogen and oxygen atoms in total. The first-order valence-electron chi connectivity index (χ1n) is 9.85. The number of hydrogen-bond acceptors (Lipinski definition) is 7. The summed E-state index contributed by atoms with van der Waals surface area (Å²) in [5, 5.41) is 7.16. The van der Waals surface area contributed by atoms with Gasteiger partial charge in [-0.1, -0.05) is 18.2 Å². The van der Waals surface area contributed by atoms with E-state index < -0.39 is 18.4 Å². The largest absolute Gasteiger partial charge is 0.484 e. The Morgan fingerprint density at radius 2 is 1.91 bits per heavy atom. The molecule has 0 saturated carbocycles. The number of thiazole rings is 1. The Hall–Kier alpha value is -4.25. The number of rotatable bonds is 9. The van der Waals surface area contributed by atoms with E-state index in [1.165, 1.54) is 18.4 Å². The van der Waals surface area contributed by atoms with E-state index in [9.17, 15) is 18.4 Å². The number of halogens is 2. The number of anilines is 2. The third kappa shape index (κ3) is 5.95. The minimum Gasteiger partial charge on any atom is -0.484 e. The molecule has 174 valence electrons. The van der Waals surface area contributed by atoms with Gasteiger partial charge in [0, 0.05) is 22.7 Å². The molecule has 0 unspecified atom stereocenters. The van der Waals surface area contributed by atoms with Gasteiger partial charge in [-0.05, 0) is 36.4 Å². The van der Waals surface area contributed by atoms with Gasteiger partial charge in [0.15, 0.2) is 17.5 Å². The number of aromatic nitrogens is 1. The lowest BCUT2D eigenvalue weighted by Gasteiger charge is -2.09. The molecule has 11 heteroatoms. The van der Waals surface area contributed by atoms with Crippen molar-refractivity contribution in [1.29, 1.82) is 0 Å². The fourth-order valence-corrected chi connectivity index (χ4v) is 3.63. The SMILES string of the molecule is O=C(COc1cccc(NC(=O)c2ccco2)c1)Nc1nc(-c2ccccc2OC(F)F)cs1. The van der Waals surface area contributed by atoms with Crippen LogP contribution in [0.1, 0.15) is 10.6 Å². The summed E-state index contributed by atoms with van der Waals surface area (Å²) in [5.41, 5.74) is 1.23. The van der Waals surface area contributed by atoms with Crippen molar-refractivity contribution in [3.8, 4) is 22.8 Å². The zero-order valence-corrected chi connectivity index (χ0v) is 18.2. The quantitative estimate of drug-likeness (QED) is 0.335. The van der Waals surface area contributed by atoms with Gasteiger partial charge < -0.3 is 19.2 Å². The third-order valence-corrected chi connectivity index (χ3v) is 5.09. The highest BCUT2D eigenvalue weighted by atomic mass is 32.1. The van der Waals surface area contributed by atoms with Crippen molar-refractivity contribution < 1.29 is 32.3 Å². The highest BCUT2D eigenvalue weighted by molar-refractivity contribution is 7.14. The number of furan rings is 1. The minimum atomic E-state index is -2.96. The number of carbonyl (C=O) groups is 2. The van der Waals surface area contributed by atoms with Crippen LogP contribution in [0.2, 0.25) is 0 Å². The fraction of sp³-hybridized carbons (Fsp3) is 0.0870. The monoisotopic (exact) mass is 485 g/mol. The summed E-state index contributed by atoms with van der Waals surface area (Å²) >= 11 is 1.13. The topological polar surface area (TPSA) is 103 Å². The lowest BCUT2D eigenvalue weighted by atomic mass is 10.1. The highest BCUT2D eigenvalue weighted by Gasteiger charge is 2.15. The number of ether oxygens (including phenoxy) is 2. The van der Waals surface area contributed by atoms with Gasteiger partial charge in [0.2, 0.25) is 0 Å². The first-order valence-corrected chi connectivity index (χ1v) is 10.7. The molecule has 0 radical (unpaired) electrons. The number of carbonyl (C=O) groups excluding carboxylic acids is 2. The van der Waals surface area contributed by atoms with Crippen molar-refractivity contribution in [1.82, 2.24) is 4.98 Å². The number of nitrogens with zero attached hydrogens (tertiary/aromatic N) is 1. The van der Waals surface area contributed by atoms with Crippen LogP contribution in [0.15, 0.2) is 76.7 Å². The average Bonchev–Trinajstić information content (AvgIpc) is 3.51. The Labute approximate surface area is 196 Å². The first-order chi connectivity index (χ1) is 16.5. The van der Waals surface area contributed by atoms with E-state index in [0.717, 1.165) is 11.3 Å². The van der Waals surface area contributed by atoms with Crippen LogP contribution in [0.4, 0.5) is 19.6 Å². The molecular weight excluding hydrogens is 468 g/mol. The highest BCUT2D eigenvalue weighted by Crippen LogP contribution is 2.33. The number of nitrogens with one attached hydrogen (secondary N) is 2. The van der Waals surface area contributed by atoms with Crippen LogP contribution in [0.3, 0.4) is 0 Å². The Morgan fingerprint density at radius 1 is 1.06 bits per heavy atom. The first kappa shape index (κ1) is 22.9. The van der Waals surface area contributed by atoms with Crippen molar-refractivity contribution in [2.24, 2.45) is 0 Å². The maximum absolute atomic E-state index is 12.6. The zero-order valence-electron chi connectivity index (χ0n) is 17.4. The second-order valence-electron chi connectivity index (χ2n) is 6.71. The third-order valence-electron chi connectivity index (χ3n) is 4.34. The number of para-hydroxylation sites is 1. The van der Waals surface area contributed by atoms with Gasteiger partial charge in [-0.3, -0.25) is 14.9 Å². The molecule has 4 rings (SSSR count). The lowest BCUT2D eigenvalue weighted by molar-refractivity contribution is -0.118.